The maximum atomic E-state index is 12.3. The molecule has 1 amide bonds. The number of halogens is 1. The van der Waals surface area contributed by atoms with E-state index in [1.54, 1.807) is 6.07 Å². The molecule has 0 aliphatic carbocycles. The van der Waals surface area contributed by atoms with E-state index in [2.05, 4.69) is 5.32 Å². The summed E-state index contributed by atoms with van der Waals surface area (Å²) in [6, 6.07) is 20.8. The van der Waals surface area contributed by atoms with Crippen LogP contribution in [0, 0.1) is 13.8 Å². The number of amides is 1. The second kappa shape index (κ2) is 9.29. The van der Waals surface area contributed by atoms with Crippen molar-refractivity contribution in [3.8, 4) is 11.5 Å². The second-order valence-corrected chi connectivity index (χ2v) is 6.86. The highest BCUT2D eigenvalue weighted by Crippen LogP contribution is 2.27. The molecule has 144 valence electrons. The first kappa shape index (κ1) is 19.8. The normalized spacial score (nSPS) is 10.4. The van der Waals surface area contributed by atoms with Gasteiger partial charge in [-0.3, -0.25) is 4.79 Å². The molecule has 0 aliphatic heterocycles. The summed E-state index contributed by atoms with van der Waals surface area (Å²) in [5, 5.41) is 3.55. The molecule has 0 saturated heterocycles. The Bertz CT molecular complexity index is 934. The molecule has 1 N–H and O–H groups in total. The molecule has 0 aromatic heterocycles. The fourth-order valence-corrected chi connectivity index (χ4v) is 2.86. The largest absolute Gasteiger partial charge is 0.487 e. The van der Waals surface area contributed by atoms with Crippen molar-refractivity contribution in [3.63, 3.8) is 0 Å². The van der Waals surface area contributed by atoms with Crippen LogP contribution in [0.3, 0.4) is 0 Å². The Hall–Kier alpha value is -2.98. The lowest BCUT2D eigenvalue weighted by molar-refractivity contribution is -0.118. The zero-order valence-electron chi connectivity index (χ0n) is 15.9. The number of hydrogen-bond donors (Lipinski definition) is 1. The Morgan fingerprint density at radius 1 is 0.929 bits per heavy atom. The van der Waals surface area contributed by atoms with Crippen molar-refractivity contribution in [2.45, 2.75) is 20.5 Å². The Morgan fingerprint density at radius 2 is 1.57 bits per heavy atom. The van der Waals surface area contributed by atoms with Gasteiger partial charge in [0.05, 0.1) is 5.69 Å². The molecule has 4 nitrogen and oxygen atoms in total. The highest BCUT2D eigenvalue weighted by atomic mass is 35.5. The molecule has 0 unspecified atom stereocenters. The van der Waals surface area contributed by atoms with Crippen LogP contribution in [0.4, 0.5) is 5.69 Å². The summed E-state index contributed by atoms with van der Waals surface area (Å²) < 4.78 is 11.5. The molecule has 0 aliphatic rings. The molecule has 0 bridgehead atoms. The topological polar surface area (TPSA) is 47.6 Å². The molecule has 28 heavy (non-hydrogen) atoms. The Morgan fingerprint density at radius 3 is 2.29 bits per heavy atom. The van der Waals surface area contributed by atoms with Gasteiger partial charge in [-0.15, -0.1) is 0 Å². The van der Waals surface area contributed by atoms with E-state index in [1.165, 1.54) is 0 Å². The molecular formula is C23H22ClNO3. The molecule has 0 spiro atoms. The van der Waals surface area contributed by atoms with Crippen LogP contribution in [0.25, 0.3) is 0 Å². The molecule has 0 atom stereocenters. The van der Waals surface area contributed by atoms with Gasteiger partial charge in [-0.1, -0.05) is 54.1 Å². The van der Waals surface area contributed by atoms with Gasteiger partial charge in [-0.2, -0.15) is 0 Å². The molecule has 0 saturated carbocycles. The standard InChI is InChI=1S/C23H22ClNO3/c1-16-12-19(13-17(2)23(16)24)27-15-22(26)25-20-10-6-7-11-21(20)28-14-18-8-4-3-5-9-18/h3-13H,14-15H2,1-2H3,(H,25,26). The average molecular weight is 396 g/mol. The third kappa shape index (κ3) is 5.27. The van der Waals surface area contributed by atoms with Crippen molar-refractivity contribution in [1.82, 2.24) is 0 Å². The summed E-state index contributed by atoms with van der Waals surface area (Å²) in [5.74, 6) is 0.960. The SMILES string of the molecule is Cc1cc(OCC(=O)Nc2ccccc2OCc2ccccc2)cc(C)c1Cl. The van der Waals surface area contributed by atoms with Gasteiger partial charge in [0.1, 0.15) is 18.1 Å². The summed E-state index contributed by atoms with van der Waals surface area (Å²) in [6.45, 7) is 4.13. The van der Waals surface area contributed by atoms with Gasteiger partial charge < -0.3 is 14.8 Å². The van der Waals surface area contributed by atoms with E-state index >= 15 is 0 Å². The minimum atomic E-state index is -0.263. The van der Waals surface area contributed by atoms with Gasteiger partial charge in [0, 0.05) is 5.02 Å². The maximum absolute atomic E-state index is 12.3. The minimum Gasteiger partial charge on any atom is -0.487 e. The van der Waals surface area contributed by atoms with Crippen molar-refractivity contribution in [1.29, 1.82) is 0 Å². The van der Waals surface area contributed by atoms with Crippen molar-refractivity contribution in [2.75, 3.05) is 11.9 Å². The second-order valence-electron chi connectivity index (χ2n) is 6.48. The zero-order chi connectivity index (χ0) is 19.9. The third-order valence-corrected chi connectivity index (χ3v) is 4.77. The number of anilines is 1. The molecule has 5 heteroatoms. The molecule has 3 rings (SSSR count). The Kier molecular flexibility index (Phi) is 6.56. The summed E-state index contributed by atoms with van der Waals surface area (Å²) in [4.78, 5) is 12.3. The van der Waals surface area contributed by atoms with Gasteiger partial charge >= 0.3 is 0 Å². The molecule has 3 aromatic rings. The molecule has 0 radical (unpaired) electrons. The number of nitrogens with one attached hydrogen (secondary N) is 1. The minimum absolute atomic E-state index is 0.104. The zero-order valence-corrected chi connectivity index (χ0v) is 16.6. The number of carbonyl (C=O) groups is 1. The summed E-state index contributed by atoms with van der Waals surface area (Å²) >= 11 is 6.16. The van der Waals surface area contributed by atoms with Crippen LogP contribution >= 0.6 is 11.6 Å². The predicted molar refractivity (Wildman–Crippen MR) is 112 cm³/mol. The summed E-state index contributed by atoms with van der Waals surface area (Å²) in [5.41, 5.74) is 3.49. The van der Waals surface area contributed by atoms with Gasteiger partial charge in [0.25, 0.3) is 5.91 Å². The maximum Gasteiger partial charge on any atom is 0.262 e. The lowest BCUT2D eigenvalue weighted by Gasteiger charge is -2.13. The highest BCUT2D eigenvalue weighted by molar-refractivity contribution is 6.32. The van der Waals surface area contributed by atoms with E-state index in [1.807, 2.05) is 74.5 Å². The first-order valence-electron chi connectivity index (χ1n) is 8.98. The molecule has 3 aromatic carbocycles. The van der Waals surface area contributed by atoms with E-state index < -0.39 is 0 Å². The number of hydrogen-bond acceptors (Lipinski definition) is 3. The van der Waals surface area contributed by atoms with Crippen molar-refractivity contribution in [3.05, 3.63) is 88.4 Å². The Balaban J connectivity index is 1.59. The highest BCUT2D eigenvalue weighted by Gasteiger charge is 2.10. The van der Waals surface area contributed by atoms with E-state index in [-0.39, 0.29) is 12.5 Å². The predicted octanol–water partition coefficient (Wildman–Crippen LogP) is 5.55. The average Bonchev–Trinajstić information content (AvgIpc) is 2.70. The molecule has 0 heterocycles. The lowest BCUT2D eigenvalue weighted by atomic mass is 10.1. The smallest absolute Gasteiger partial charge is 0.262 e. The van der Waals surface area contributed by atoms with E-state index in [4.69, 9.17) is 21.1 Å². The first-order chi connectivity index (χ1) is 13.5. The number of para-hydroxylation sites is 2. The number of carbonyl (C=O) groups excluding carboxylic acids is 1. The fraction of sp³-hybridized carbons (Fsp3) is 0.174. The quantitative estimate of drug-likeness (QED) is 0.570. The van der Waals surface area contributed by atoms with E-state index in [0.717, 1.165) is 16.7 Å². The number of benzene rings is 3. The summed E-state index contributed by atoms with van der Waals surface area (Å²) in [6.07, 6.45) is 0. The number of aryl methyl sites for hydroxylation is 2. The van der Waals surface area contributed by atoms with Gasteiger partial charge in [0.15, 0.2) is 6.61 Å². The first-order valence-corrected chi connectivity index (χ1v) is 9.36. The summed E-state index contributed by atoms with van der Waals surface area (Å²) in [7, 11) is 0. The monoisotopic (exact) mass is 395 g/mol. The van der Waals surface area contributed by atoms with Crippen LogP contribution in [0.1, 0.15) is 16.7 Å². The van der Waals surface area contributed by atoms with Crippen LogP contribution in [0.15, 0.2) is 66.7 Å². The van der Waals surface area contributed by atoms with Crippen LogP contribution in [0.2, 0.25) is 5.02 Å². The van der Waals surface area contributed by atoms with Crippen molar-refractivity contribution < 1.29 is 14.3 Å². The van der Waals surface area contributed by atoms with Crippen LogP contribution in [-0.2, 0) is 11.4 Å². The van der Waals surface area contributed by atoms with E-state index in [9.17, 15) is 4.79 Å². The molecular weight excluding hydrogens is 374 g/mol. The van der Waals surface area contributed by atoms with Gasteiger partial charge in [-0.25, -0.2) is 0 Å². The van der Waals surface area contributed by atoms with Gasteiger partial charge in [0.2, 0.25) is 0 Å². The number of ether oxygens (including phenoxy) is 2. The van der Waals surface area contributed by atoms with Crippen molar-refractivity contribution >= 4 is 23.2 Å². The van der Waals surface area contributed by atoms with Gasteiger partial charge in [-0.05, 0) is 54.8 Å². The molecule has 0 fully saturated rings. The van der Waals surface area contributed by atoms with Crippen LogP contribution in [-0.4, -0.2) is 12.5 Å². The van der Waals surface area contributed by atoms with Crippen LogP contribution < -0.4 is 14.8 Å². The lowest BCUT2D eigenvalue weighted by Crippen LogP contribution is -2.20. The van der Waals surface area contributed by atoms with E-state index in [0.29, 0.717) is 28.8 Å². The number of rotatable bonds is 7. The third-order valence-electron chi connectivity index (χ3n) is 4.18. The van der Waals surface area contributed by atoms with Crippen molar-refractivity contribution in [2.24, 2.45) is 0 Å². The van der Waals surface area contributed by atoms with Crippen LogP contribution in [0.5, 0.6) is 11.5 Å². The fourth-order valence-electron chi connectivity index (χ4n) is 2.76. The Labute approximate surface area is 170 Å².